The van der Waals surface area contributed by atoms with Crippen LogP contribution in [0.25, 0.3) is 6.08 Å². The predicted octanol–water partition coefficient (Wildman–Crippen LogP) is 5.14. The number of hydrazine groups is 1. The number of para-hydroxylation sites is 1. The number of carbonyl (C=O) groups is 2. The summed E-state index contributed by atoms with van der Waals surface area (Å²) in [6.45, 7) is 0.392. The summed E-state index contributed by atoms with van der Waals surface area (Å²) in [6, 6.07) is 21.8. The topological polar surface area (TPSA) is 58.6 Å². The Morgan fingerprint density at radius 3 is 2.43 bits per heavy atom. The molecule has 1 saturated heterocycles. The molecule has 0 atom stereocenters. The van der Waals surface area contributed by atoms with Gasteiger partial charge in [-0.25, -0.2) is 5.01 Å². The van der Waals surface area contributed by atoms with Crippen molar-refractivity contribution in [2.45, 2.75) is 6.61 Å². The second kappa shape index (κ2) is 8.73. The van der Waals surface area contributed by atoms with Crippen LogP contribution in [0.4, 0.5) is 5.69 Å². The van der Waals surface area contributed by atoms with Gasteiger partial charge >= 0.3 is 0 Å². The van der Waals surface area contributed by atoms with Gasteiger partial charge in [-0.05, 0) is 69.5 Å². The number of anilines is 1. The van der Waals surface area contributed by atoms with E-state index in [0.717, 1.165) is 10.0 Å². The van der Waals surface area contributed by atoms with Crippen molar-refractivity contribution in [3.8, 4) is 5.75 Å². The lowest BCUT2D eigenvalue weighted by Crippen LogP contribution is -2.35. The van der Waals surface area contributed by atoms with E-state index in [1.165, 1.54) is 5.01 Å². The zero-order valence-corrected chi connectivity index (χ0v) is 18.0. The molecule has 0 saturated carbocycles. The van der Waals surface area contributed by atoms with Crippen molar-refractivity contribution < 1.29 is 14.3 Å². The summed E-state index contributed by atoms with van der Waals surface area (Å²) >= 11 is 9.39. The van der Waals surface area contributed by atoms with E-state index in [0.29, 0.717) is 28.6 Å². The molecule has 2 amide bonds. The van der Waals surface area contributed by atoms with Crippen LogP contribution in [0.3, 0.4) is 0 Å². The molecule has 0 aromatic heterocycles. The van der Waals surface area contributed by atoms with Crippen LogP contribution >= 0.6 is 27.5 Å². The Hall–Kier alpha value is -3.09. The van der Waals surface area contributed by atoms with Gasteiger partial charge in [0.15, 0.2) is 0 Å². The predicted molar refractivity (Wildman–Crippen MR) is 120 cm³/mol. The largest absolute Gasteiger partial charge is 0.488 e. The van der Waals surface area contributed by atoms with Gasteiger partial charge in [0.2, 0.25) is 0 Å². The zero-order chi connectivity index (χ0) is 21.1. The third-order valence-electron chi connectivity index (χ3n) is 4.48. The lowest BCUT2D eigenvalue weighted by Gasteiger charge is -2.13. The van der Waals surface area contributed by atoms with Crippen LogP contribution in [0, 0.1) is 0 Å². The lowest BCUT2D eigenvalue weighted by molar-refractivity contribution is -0.117. The van der Waals surface area contributed by atoms with Gasteiger partial charge in [-0.1, -0.05) is 48.0 Å². The van der Waals surface area contributed by atoms with Crippen molar-refractivity contribution in [2.75, 3.05) is 5.01 Å². The molecule has 3 aromatic carbocycles. The fraction of sp³-hybridized carbons (Fsp3) is 0.0435. The van der Waals surface area contributed by atoms with Gasteiger partial charge in [0.05, 0.1) is 10.2 Å². The van der Waals surface area contributed by atoms with E-state index in [2.05, 4.69) is 21.4 Å². The molecular formula is C23H16BrClN2O3. The van der Waals surface area contributed by atoms with E-state index < -0.39 is 11.8 Å². The molecular weight excluding hydrogens is 468 g/mol. The monoisotopic (exact) mass is 482 g/mol. The molecule has 7 heteroatoms. The highest BCUT2D eigenvalue weighted by atomic mass is 79.9. The Bertz CT molecular complexity index is 1130. The minimum absolute atomic E-state index is 0.0700. The lowest BCUT2D eigenvalue weighted by atomic mass is 10.1. The number of halogens is 2. The van der Waals surface area contributed by atoms with Crippen LogP contribution < -0.4 is 15.2 Å². The average molecular weight is 484 g/mol. The molecule has 1 heterocycles. The standard InChI is InChI=1S/C23H16BrClN2O3/c24-20-13-16(8-11-21(20)30-14-15-6-9-17(25)10-7-15)12-19-22(28)26-27(23(19)29)18-4-2-1-3-5-18/h1-13H,14H2,(H,26,28)/b19-12-. The molecule has 0 unspecified atom stereocenters. The van der Waals surface area contributed by atoms with Crippen molar-refractivity contribution in [3.05, 3.63) is 99.0 Å². The fourth-order valence-corrected chi connectivity index (χ4v) is 3.59. The van der Waals surface area contributed by atoms with Gasteiger partial charge in [0, 0.05) is 5.02 Å². The number of rotatable bonds is 5. The number of carbonyl (C=O) groups excluding carboxylic acids is 2. The highest BCUT2D eigenvalue weighted by Gasteiger charge is 2.34. The van der Waals surface area contributed by atoms with Gasteiger partial charge in [-0.3, -0.25) is 15.0 Å². The van der Waals surface area contributed by atoms with E-state index in [4.69, 9.17) is 16.3 Å². The minimum Gasteiger partial charge on any atom is -0.488 e. The van der Waals surface area contributed by atoms with Crippen LogP contribution in [0.2, 0.25) is 5.02 Å². The third kappa shape index (κ3) is 4.40. The molecule has 1 aliphatic heterocycles. The van der Waals surface area contributed by atoms with Crippen molar-refractivity contribution in [2.24, 2.45) is 0 Å². The van der Waals surface area contributed by atoms with E-state index in [1.54, 1.807) is 48.5 Å². The Morgan fingerprint density at radius 1 is 1.00 bits per heavy atom. The maximum absolute atomic E-state index is 12.7. The Kier molecular flexibility index (Phi) is 5.88. The summed E-state index contributed by atoms with van der Waals surface area (Å²) in [5.41, 5.74) is 4.96. The number of nitrogens with one attached hydrogen (secondary N) is 1. The SMILES string of the molecule is O=C1NN(c2ccccc2)C(=O)/C1=C\c1ccc(OCc2ccc(Cl)cc2)c(Br)c1. The van der Waals surface area contributed by atoms with Gasteiger partial charge in [0.1, 0.15) is 17.9 Å². The Balaban J connectivity index is 1.50. The molecule has 5 nitrogen and oxygen atoms in total. The van der Waals surface area contributed by atoms with Gasteiger partial charge in [-0.15, -0.1) is 0 Å². The highest BCUT2D eigenvalue weighted by molar-refractivity contribution is 9.10. The first-order valence-corrected chi connectivity index (χ1v) is 10.3. The molecule has 1 aliphatic rings. The van der Waals surface area contributed by atoms with Crippen LogP contribution in [0.1, 0.15) is 11.1 Å². The van der Waals surface area contributed by atoms with Crippen molar-refractivity contribution >= 4 is 51.1 Å². The van der Waals surface area contributed by atoms with Gasteiger partial charge < -0.3 is 4.74 Å². The smallest absolute Gasteiger partial charge is 0.282 e. The summed E-state index contributed by atoms with van der Waals surface area (Å²) < 4.78 is 6.56. The zero-order valence-electron chi connectivity index (χ0n) is 15.6. The number of hydrogen-bond donors (Lipinski definition) is 1. The molecule has 0 bridgehead atoms. The van der Waals surface area contributed by atoms with Crippen LogP contribution in [-0.4, -0.2) is 11.8 Å². The second-order valence-electron chi connectivity index (χ2n) is 6.58. The molecule has 4 rings (SSSR count). The summed E-state index contributed by atoms with van der Waals surface area (Å²) in [5.74, 6) is -0.186. The van der Waals surface area contributed by atoms with Gasteiger partial charge in [-0.2, -0.15) is 0 Å². The summed E-state index contributed by atoms with van der Waals surface area (Å²) in [4.78, 5) is 25.0. The van der Waals surface area contributed by atoms with Crippen molar-refractivity contribution in [3.63, 3.8) is 0 Å². The first-order valence-electron chi connectivity index (χ1n) is 9.10. The van der Waals surface area contributed by atoms with Crippen LogP contribution in [-0.2, 0) is 16.2 Å². The fourth-order valence-electron chi connectivity index (χ4n) is 2.95. The third-order valence-corrected chi connectivity index (χ3v) is 5.35. The minimum atomic E-state index is -0.442. The highest BCUT2D eigenvalue weighted by Crippen LogP contribution is 2.29. The number of hydrogen-bond acceptors (Lipinski definition) is 3. The molecule has 150 valence electrons. The number of ether oxygens (including phenoxy) is 1. The molecule has 1 fully saturated rings. The molecule has 3 aromatic rings. The quantitative estimate of drug-likeness (QED) is 0.404. The molecule has 0 spiro atoms. The summed E-state index contributed by atoms with van der Waals surface area (Å²) in [6.07, 6.45) is 1.56. The van der Waals surface area contributed by atoms with E-state index in [-0.39, 0.29) is 5.57 Å². The number of nitrogens with zero attached hydrogens (tertiary/aromatic N) is 1. The Morgan fingerprint density at radius 2 is 1.73 bits per heavy atom. The van der Waals surface area contributed by atoms with Crippen LogP contribution in [0.15, 0.2) is 82.8 Å². The second-order valence-corrected chi connectivity index (χ2v) is 7.87. The van der Waals surface area contributed by atoms with Crippen molar-refractivity contribution in [1.29, 1.82) is 0 Å². The Labute approximate surface area is 187 Å². The van der Waals surface area contributed by atoms with Crippen molar-refractivity contribution in [1.82, 2.24) is 5.43 Å². The first kappa shape index (κ1) is 20.2. The first-order chi connectivity index (χ1) is 14.5. The van der Waals surface area contributed by atoms with Gasteiger partial charge in [0.25, 0.3) is 11.8 Å². The molecule has 1 N–H and O–H groups in total. The molecule has 0 aliphatic carbocycles. The van der Waals surface area contributed by atoms with E-state index in [9.17, 15) is 9.59 Å². The average Bonchev–Trinajstić information content (AvgIpc) is 3.03. The van der Waals surface area contributed by atoms with Crippen LogP contribution in [0.5, 0.6) is 5.75 Å². The van der Waals surface area contributed by atoms with E-state index in [1.807, 2.05) is 30.3 Å². The maximum atomic E-state index is 12.7. The number of benzene rings is 3. The summed E-state index contributed by atoms with van der Waals surface area (Å²) in [7, 11) is 0. The molecule has 30 heavy (non-hydrogen) atoms. The number of amides is 2. The summed E-state index contributed by atoms with van der Waals surface area (Å²) in [5, 5.41) is 1.92. The van der Waals surface area contributed by atoms with E-state index >= 15 is 0 Å². The normalized spacial score (nSPS) is 14.9. The molecule has 0 radical (unpaired) electrons. The maximum Gasteiger partial charge on any atom is 0.282 e.